The van der Waals surface area contributed by atoms with Crippen molar-refractivity contribution in [2.75, 3.05) is 6.61 Å². The molecule has 0 amide bonds. The zero-order valence-electron chi connectivity index (χ0n) is 7.09. The Labute approximate surface area is 66.9 Å². The van der Waals surface area contributed by atoms with E-state index >= 15 is 0 Å². The van der Waals surface area contributed by atoms with Gasteiger partial charge in [0.15, 0.2) is 5.78 Å². The number of carbonyl (C=O) groups is 1. The van der Waals surface area contributed by atoms with Crippen molar-refractivity contribution in [3.63, 3.8) is 0 Å². The Morgan fingerprint density at radius 1 is 1.55 bits per heavy atom. The van der Waals surface area contributed by atoms with Crippen LogP contribution in [0.5, 0.6) is 0 Å². The third kappa shape index (κ3) is 0.791. The molecular weight excluding hydrogens is 140 g/mol. The molecule has 0 spiro atoms. The zero-order chi connectivity index (χ0) is 8.06. The van der Waals surface area contributed by atoms with E-state index in [4.69, 9.17) is 4.74 Å². The highest BCUT2D eigenvalue weighted by Gasteiger charge is 2.57. The van der Waals surface area contributed by atoms with Crippen molar-refractivity contribution in [1.82, 2.24) is 0 Å². The van der Waals surface area contributed by atoms with Crippen LogP contribution in [-0.2, 0) is 9.53 Å². The fraction of sp³-hybridized carbons (Fsp3) is 0.889. The summed E-state index contributed by atoms with van der Waals surface area (Å²) in [5.41, 5.74) is 0.119. The summed E-state index contributed by atoms with van der Waals surface area (Å²) >= 11 is 0. The summed E-state index contributed by atoms with van der Waals surface area (Å²) in [4.78, 5) is 11.4. The van der Waals surface area contributed by atoms with Gasteiger partial charge in [-0.25, -0.2) is 0 Å². The number of ether oxygens (including phenoxy) is 1. The molecule has 2 nitrogen and oxygen atoms in total. The highest BCUT2D eigenvalue weighted by atomic mass is 16.5. The number of fused-ring (bicyclic) bond motifs is 3. The van der Waals surface area contributed by atoms with Gasteiger partial charge in [-0.15, -0.1) is 0 Å². The molecule has 2 aliphatic heterocycles. The van der Waals surface area contributed by atoms with E-state index in [2.05, 4.69) is 13.8 Å². The van der Waals surface area contributed by atoms with Crippen LogP contribution in [0.4, 0.5) is 0 Å². The lowest BCUT2D eigenvalue weighted by Crippen LogP contribution is -2.58. The van der Waals surface area contributed by atoms with Gasteiger partial charge in [0.1, 0.15) is 6.10 Å². The summed E-state index contributed by atoms with van der Waals surface area (Å²) in [6, 6.07) is 0. The van der Waals surface area contributed by atoms with E-state index in [-0.39, 0.29) is 17.4 Å². The number of ketones is 1. The normalized spacial score (nSPS) is 41.1. The highest BCUT2D eigenvalue weighted by molar-refractivity contribution is 5.93. The second-order valence-corrected chi connectivity index (χ2v) is 4.17. The number of carbonyl (C=O) groups excluding carboxylic acids is 1. The second-order valence-electron chi connectivity index (χ2n) is 4.17. The van der Waals surface area contributed by atoms with Crippen LogP contribution in [0.3, 0.4) is 0 Å². The molecule has 2 heterocycles. The molecule has 62 valence electrons. The predicted molar refractivity (Wildman–Crippen MR) is 41.3 cm³/mol. The van der Waals surface area contributed by atoms with Gasteiger partial charge in [-0.1, -0.05) is 13.8 Å². The quantitative estimate of drug-likeness (QED) is 0.527. The molecule has 1 saturated carbocycles. The van der Waals surface area contributed by atoms with Crippen LogP contribution < -0.4 is 0 Å². The van der Waals surface area contributed by atoms with Crippen molar-refractivity contribution in [3.8, 4) is 0 Å². The molecule has 0 N–H and O–H groups in total. The van der Waals surface area contributed by atoms with Gasteiger partial charge in [0.25, 0.3) is 0 Å². The van der Waals surface area contributed by atoms with Gasteiger partial charge in [0.2, 0.25) is 0 Å². The summed E-state index contributed by atoms with van der Waals surface area (Å²) in [7, 11) is 0. The zero-order valence-corrected chi connectivity index (χ0v) is 7.09. The van der Waals surface area contributed by atoms with E-state index in [1.165, 1.54) is 0 Å². The van der Waals surface area contributed by atoms with Gasteiger partial charge in [0, 0.05) is 17.9 Å². The lowest BCUT2D eigenvalue weighted by molar-refractivity contribution is -0.167. The predicted octanol–water partition coefficient (Wildman–Crippen LogP) is 1.39. The maximum Gasteiger partial charge on any atom is 0.165 e. The van der Waals surface area contributed by atoms with E-state index in [1.807, 2.05) is 0 Å². The largest absolute Gasteiger partial charge is 0.370 e. The minimum Gasteiger partial charge on any atom is -0.370 e. The van der Waals surface area contributed by atoms with E-state index in [1.54, 1.807) is 0 Å². The number of Topliss-reactive ketones (excluding diaryl/α,β-unsaturated/α-hetero) is 1. The van der Waals surface area contributed by atoms with Crippen LogP contribution in [0.15, 0.2) is 0 Å². The Balaban J connectivity index is 2.25. The lowest BCUT2D eigenvalue weighted by atomic mass is 9.58. The number of hydrogen-bond donors (Lipinski definition) is 0. The van der Waals surface area contributed by atoms with Crippen molar-refractivity contribution in [3.05, 3.63) is 0 Å². The van der Waals surface area contributed by atoms with Gasteiger partial charge in [-0.05, 0) is 12.8 Å². The van der Waals surface area contributed by atoms with Crippen molar-refractivity contribution >= 4 is 5.78 Å². The first kappa shape index (κ1) is 7.29. The van der Waals surface area contributed by atoms with Gasteiger partial charge < -0.3 is 4.74 Å². The summed E-state index contributed by atoms with van der Waals surface area (Å²) < 4.78 is 5.45. The molecule has 2 atom stereocenters. The van der Waals surface area contributed by atoms with Crippen LogP contribution in [0, 0.1) is 11.3 Å². The standard InChI is InChI=1S/C9H14O2/c1-9(2)6-4-3-5-11-8(9)7(6)10/h6,8H,3-5H2,1-2H3. The van der Waals surface area contributed by atoms with E-state index < -0.39 is 0 Å². The summed E-state index contributed by atoms with van der Waals surface area (Å²) in [5, 5.41) is 0. The van der Waals surface area contributed by atoms with Crippen LogP contribution in [-0.4, -0.2) is 18.5 Å². The molecule has 1 aliphatic carbocycles. The molecule has 0 aromatic rings. The molecule has 0 aromatic carbocycles. The molecule has 3 rings (SSSR count). The molecule has 2 heteroatoms. The molecular formula is C9H14O2. The smallest absolute Gasteiger partial charge is 0.165 e. The molecule has 2 unspecified atom stereocenters. The number of rotatable bonds is 0. The van der Waals surface area contributed by atoms with E-state index in [0.717, 1.165) is 19.4 Å². The van der Waals surface area contributed by atoms with Gasteiger partial charge in [-0.3, -0.25) is 4.79 Å². The van der Waals surface area contributed by atoms with Gasteiger partial charge >= 0.3 is 0 Å². The minimum absolute atomic E-state index is 0.0880. The van der Waals surface area contributed by atoms with Crippen LogP contribution in [0.1, 0.15) is 26.7 Å². The van der Waals surface area contributed by atoms with E-state index in [9.17, 15) is 4.79 Å². The second kappa shape index (κ2) is 2.07. The Morgan fingerprint density at radius 3 is 2.91 bits per heavy atom. The summed E-state index contributed by atoms with van der Waals surface area (Å²) in [6.45, 7) is 5.04. The maximum atomic E-state index is 11.4. The Hall–Kier alpha value is -0.370. The first-order chi connectivity index (χ1) is 5.14. The molecule has 2 saturated heterocycles. The first-order valence-corrected chi connectivity index (χ1v) is 4.29. The fourth-order valence-electron chi connectivity index (χ4n) is 2.30. The molecule has 11 heavy (non-hydrogen) atoms. The van der Waals surface area contributed by atoms with Gasteiger partial charge in [0.05, 0.1) is 0 Å². The third-order valence-corrected chi connectivity index (χ3v) is 3.10. The Morgan fingerprint density at radius 2 is 2.27 bits per heavy atom. The average molecular weight is 154 g/mol. The lowest BCUT2D eigenvalue weighted by Gasteiger charge is -2.47. The monoisotopic (exact) mass is 154 g/mol. The van der Waals surface area contributed by atoms with Crippen molar-refractivity contribution in [2.45, 2.75) is 32.8 Å². The molecule has 0 radical (unpaired) electrons. The highest BCUT2D eigenvalue weighted by Crippen LogP contribution is 2.49. The van der Waals surface area contributed by atoms with Crippen LogP contribution in [0.2, 0.25) is 0 Å². The summed E-state index contributed by atoms with van der Waals surface area (Å²) in [5.74, 6) is 0.627. The first-order valence-electron chi connectivity index (χ1n) is 4.29. The van der Waals surface area contributed by atoms with Gasteiger partial charge in [-0.2, -0.15) is 0 Å². The molecule has 3 aliphatic rings. The molecule has 3 fully saturated rings. The van der Waals surface area contributed by atoms with Crippen molar-refractivity contribution < 1.29 is 9.53 Å². The number of hydrogen-bond acceptors (Lipinski definition) is 2. The summed E-state index contributed by atoms with van der Waals surface area (Å²) in [6.07, 6.45) is 1.99. The van der Waals surface area contributed by atoms with Crippen molar-refractivity contribution in [2.24, 2.45) is 11.3 Å². The maximum absolute atomic E-state index is 11.4. The Kier molecular flexibility index (Phi) is 1.37. The SMILES string of the molecule is CC1(C)C2CCCOC1C2=O. The van der Waals surface area contributed by atoms with Crippen molar-refractivity contribution in [1.29, 1.82) is 0 Å². The molecule has 2 bridgehead atoms. The fourth-order valence-corrected chi connectivity index (χ4v) is 2.30. The van der Waals surface area contributed by atoms with Crippen LogP contribution >= 0.6 is 0 Å². The Bertz CT molecular complexity index is 178. The molecule has 0 aromatic heterocycles. The minimum atomic E-state index is -0.0880. The average Bonchev–Trinajstić information content (AvgIpc) is 2.19. The van der Waals surface area contributed by atoms with Crippen LogP contribution in [0.25, 0.3) is 0 Å². The third-order valence-electron chi connectivity index (χ3n) is 3.10. The topological polar surface area (TPSA) is 26.3 Å². The van der Waals surface area contributed by atoms with E-state index in [0.29, 0.717) is 5.78 Å².